The second-order valence-corrected chi connectivity index (χ2v) is 3.64. The first-order valence-corrected chi connectivity index (χ1v) is 4.81. The van der Waals surface area contributed by atoms with Crippen LogP contribution in [0.25, 0.3) is 0 Å². The van der Waals surface area contributed by atoms with E-state index in [-0.39, 0.29) is 0 Å². The third-order valence-corrected chi connectivity index (χ3v) is 2.62. The van der Waals surface area contributed by atoms with Crippen molar-refractivity contribution in [1.82, 2.24) is 20.1 Å². The molecule has 2 N–H and O–H groups in total. The van der Waals surface area contributed by atoms with Crippen molar-refractivity contribution < 1.29 is 9.90 Å². The topological polar surface area (TPSA) is 80.0 Å². The summed E-state index contributed by atoms with van der Waals surface area (Å²) in [5.41, 5.74) is -0.911. The minimum absolute atomic E-state index is 0.396. The summed E-state index contributed by atoms with van der Waals surface area (Å²) in [4.78, 5) is 15.0. The van der Waals surface area contributed by atoms with Gasteiger partial charge in [-0.05, 0) is 13.3 Å². The molecule has 1 heterocycles. The predicted molar refractivity (Wildman–Crippen MR) is 54.2 cm³/mol. The average Bonchev–Trinajstić information content (AvgIpc) is 2.60. The van der Waals surface area contributed by atoms with Gasteiger partial charge in [-0.1, -0.05) is 6.92 Å². The Labute approximate surface area is 88.3 Å². The number of hydrogen-bond acceptors (Lipinski definition) is 4. The van der Waals surface area contributed by atoms with Crippen molar-refractivity contribution in [2.75, 3.05) is 0 Å². The molecule has 6 heteroatoms. The lowest BCUT2D eigenvalue weighted by molar-refractivity contribution is -0.144. The van der Waals surface area contributed by atoms with Gasteiger partial charge in [0.05, 0.1) is 6.54 Å². The van der Waals surface area contributed by atoms with Gasteiger partial charge in [0, 0.05) is 7.05 Å². The molecule has 1 atom stereocenters. The average molecular weight is 212 g/mol. The van der Waals surface area contributed by atoms with Gasteiger partial charge in [0.1, 0.15) is 17.7 Å². The van der Waals surface area contributed by atoms with Crippen LogP contribution in [0.2, 0.25) is 0 Å². The molecule has 0 spiro atoms. The van der Waals surface area contributed by atoms with Crippen molar-refractivity contribution in [2.45, 2.75) is 32.4 Å². The van der Waals surface area contributed by atoms with E-state index in [2.05, 4.69) is 15.4 Å². The quantitative estimate of drug-likeness (QED) is 0.726. The zero-order valence-corrected chi connectivity index (χ0v) is 9.19. The van der Waals surface area contributed by atoms with Crippen LogP contribution < -0.4 is 5.32 Å². The predicted octanol–water partition coefficient (Wildman–Crippen LogP) is 0.158. The van der Waals surface area contributed by atoms with Crippen LogP contribution in [0, 0.1) is 0 Å². The minimum atomic E-state index is -0.911. The molecular weight excluding hydrogens is 196 g/mol. The molecule has 1 unspecified atom stereocenters. The van der Waals surface area contributed by atoms with Gasteiger partial charge in [-0.3, -0.25) is 14.8 Å². The standard InChI is InChI=1S/C9H16N4O2/c1-4-9(2,8(14)15)11-5-7-10-6-12-13(7)3/h6,11H,4-5H2,1-3H3,(H,14,15). The highest BCUT2D eigenvalue weighted by atomic mass is 16.4. The molecule has 0 saturated heterocycles. The third-order valence-electron chi connectivity index (χ3n) is 2.62. The van der Waals surface area contributed by atoms with Crippen molar-refractivity contribution in [3.8, 4) is 0 Å². The SMILES string of the molecule is CCC(C)(NCc1ncnn1C)C(=O)O. The normalized spacial score (nSPS) is 14.9. The summed E-state index contributed by atoms with van der Waals surface area (Å²) in [7, 11) is 1.77. The van der Waals surface area contributed by atoms with Crippen molar-refractivity contribution in [2.24, 2.45) is 7.05 Å². The van der Waals surface area contributed by atoms with Gasteiger partial charge in [0.25, 0.3) is 0 Å². The van der Waals surface area contributed by atoms with Gasteiger partial charge >= 0.3 is 5.97 Å². The highest BCUT2D eigenvalue weighted by molar-refractivity contribution is 5.78. The molecule has 0 amide bonds. The zero-order valence-electron chi connectivity index (χ0n) is 9.19. The third kappa shape index (κ3) is 2.53. The maximum absolute atomic E-state index is 11.0. The lowest BCUT2D eigenvalue weighted by Crippen LogP contribution is -2.48. The van der Waals surface area contributed by atoms with E-state index in [4.69, 9.17) is 5.11 Å². The molecule has 1 aromatic rings. The first kappa shape index (κ1) is 11.6. The molecule has 1 aromatic heterocycles. The largest absolute Gasteiger partial charge is 0.480 e. The fourth-order valence-corrected chi connectivity index (χ4v) is 1.11. The first-order chi connectivity index (χ1) is 6.99. The number of aromatic nitrogens is 3. The van der Waals surface area contributed by atoms with Crippen molar-refractivity contribution >= 4 is 5.97 Å². The molecule has 84 valence electrons. The van der Waals surface area contributed by atoms with Crippen molar-refractivity contribution in [3.05, 3.63) is 12.2 Å². The Morgan fingerprint density at radius 1 is 1.73 bits per heavy atom. The molecule has 6 nitrogen and oxygen atoms in total. The van der Waals surface area contributed by atoms with Crippen LogP contribution in [-0.2, 0) is 18.4 Å². The second-order valence-electron chi connectivity index (χ2n) is 3.64. The van der Waals surface area contributed by atoms with Crippen LogP contribution in [0.5, 0.6) is 0 Å². The van der Waals surface area contributed by atoms with E-state index >= 15 is 0 Å². The first-order valence-electron chi connectivity index (χ1n) is 4.81. The number of aryl methyl sites for hydroxylation is 1. The minimum Gasteiger partial charge on any atom is -0.480 e. The van der Waals surface area contributed by atoms with E-state index in [0.717, 1.165) is 5.82 Å². The lowest BCUT2D eigenvalue weighted by Gasteiger charge is -2.24. The maximum Gasteiger partial charge on any atom is 0.323 e. The van der Waals surface area contributed by atoms with Crippen LogP contribution in [0.15, 0.2) is 6.33 Å². The molecule has 0 aliphatic rings. The molecule has 0 aliphatic heterocycles. The van der Waals surface area contributed by atoms with Gasteiger partial charge in [-0.25, -0.2) is 4.98 Å². The molecule has 0 bridgehead atoms. The smallest absolute Gasteiger partial charge is 0.323 e. The number of hydrogen-bond donors (Lipinski definition) is 2. The fraction of sp³-hybridized carbons (Fsp3) is 0.667. The maximum atomic E-state index is 11.0. The Morgan fingerprint density at radius 2 is 2.40 bits per heavy atom. The summed E-state index contributed by atoms with van der Waals surface area (Å²) in [5, 5.41) is 15.9. The zero-order chi connectivity index (χ0) is 11.5. The Morgan fingerprint density at radius 3 is 2.80 bits per heavy atom. The van der Waals surface area contributed by atoms with E-state index in [0.29, 0.717) is 13.0 Å². The fourth-order valence-electron chi connectivity index (χ4n) is 1.11. The second kappa shape index (κ2) is 4.39. The monoisotopic (exact) mass is 212 g/mol. The summed E-state index contributed by atoms with van der Waals surface area (Å²) in [6.45, 7) is 3.89. The molecule has 15 heavy (non-hydrogen) atoms. The number of carbonyl (C=O) groups is 1. The molecule has 0 aliphatic carbocycles. The number of nitrogens with zero attached hydrogens (tertiary/aromatic N) is 3. The van der Waals surface area contributed by atoms with Gasteiger partial charge in [-0.2, -0.15) is 5.10 Å². The summed E-state index contributed by atoms with van der Waals surface area (Å²) >= 11 is 0. The van der Waals surface area contributed by atoms with Crippen LogP contribution in [0.1, 0.15) is 26.1 Å². The Balaban J connectivity index is 2.63. The summed E-state index contributed by atoms with van der Waals surface area (Å²) in [6, 6.07) is 0. The molecular formula is C9H16N4O2. The number of carboxylic acids is 1. The summed E-state index contributed by atoms with van der Waals surface area (Å²) in [6.07, 6.45) is 1.96. The van der Waals surface area contributed by atoms with Crippen LogP contribution in [0.4, 0.5) is 0 Å². The number of aliphatic carboxylic acids is 1. The highest BCUT2D eigenvalue weighted by Crippen LogP contribution is 2.09. The molecule has 1 rings (SSSR count). The molecule has 0 saturated carbocycles. The van der Waals surface area contributed by atoms with Gasteiger partial charge in [0.15, 0.2) is 0 Å². The van der Waals surface area contributed by atoms with Gasteiger partial charge < -0.3 is 5.11 Å². The molecule has 0 radical (unpaired) electrons. The van der Waals surface area contributed by atoms with E-state index in [9.17, 15) is 4.79 Å². The van der Waals surface area contributed by atoms with Crippen molar-refractivity contribution in [1.29, 1.82) is 0 Å². The Hall–Kier alpha value is -1.43. The van der Waals surface area contributed by atoms with Gasteiger partial charge in [-0.15, -0.1) is 0 Å². The Kier molecular flexibility index (Phi) is 3.41. The molecule has 0 fully saturated rings. The number of carboxylic acid groups (broad SMARTS) is 1. The van der Waals surface area contributed by atoms with Crippen molar-refractivity contribution in [3.63, 3.8) is 0 Å². The molecule has 0 aromatic carbocycles. The van der Waals surface area contributed by atoms with Crippen LogP contribution in [-0.4, -0.2) is 31.4 Å². The highest BCUT2D eigenvalue weighted by Gasteiger charge is 2.30. The van der Waals surface area contributed by atoms with E-state index in [1.165, 1.54) is 6.33 Å². The summed E-state index contributed by atoms with van der Waals surface area (Å²) < 4.78 is 1.62. The van der Waals surface area contributed by atoms with Crippen LogP contribution >= 0.6 is 0 Å². The number of nitrogens with one attached hydrogen (secondary N) is 1. The van der Waals surface area contributed by atoms with E-state index in [1.807, 2.05) is 6.92 Å². The van der Waals surface area contributed by atoms with Gasteiger partial charge in [0.2, 0.25) is 0 Å². The number of rotatable bonds is 5. The summed E-state index contributed by atoms with van der Waals surface area (Å²) in [5.74, 6) is -0.136. The Bertz CT molecular complexity index is 350. The van der Waals surface area contributed by atoms with Crippen LogP contribution in [0.3, 0.4) is 0 Å². The lowest BCUT2D eigenvalue weighted by atomic mass is 9.99. The van der Waals surface area contributed by atoms with E-state index < -0.39 is 11.5 Å². The van der Waals surface area contributed by atoms with E-state index in [1.54, 1.807) is 18.7 Å².